The molecule has 2 aromatic carbocycles. The Morgan fingerprint density at radius 2 is 2.03 bits per heavy atom. The zero-order valence-electron chi connectivity index (χ0n) is 16.3. The van der Waals surface area contributed by atoms with Gasteiger partial charge in [-0.15, -0.1) is 0 Å². The second kappa shape index (κ2) is 9.90. The first-order chi connectivity index (χ1) is 13.7. The first-order valence-corrected chi connectivity index (χ1v) is 10.3. The van der Waals surface area contributed by atoms with Gasteiger partial charge in [-0.2, -0.15) is 0 Å². The SMILES string of the molecule is C[N+](C)(CCNc1c([N+](=O)[O-])c(Cl)cc2no[n+]([O-])c12)Cc1cccc(CBr)c1.[Br-]. The summed E-state index contributed by atoms with van der Waals surface area (Å²) in [6.45, 7) is 1.81. The van der Waals surface area contributed by atoms with Crippen LogP contribution in [0.25, 0.3) is 11.0 Å². The number of alkyl halides is 1. The van der Waals surface area contributed by atoms with Crippen molar-refractivity contribution in [3.8, 4) is 0 Å². The molecule has 0 unspecified atom stereocenters. The molecule has 0 saturated heterocycles. The molecule has 0 bridgehead atoms. The maximum atomic E-state index is 11.9. The molecule has 0 radical (unpaired) electrons. The summed E-state index contributed by atoms with van der Waals surface area (Å²) in [5.41, 5.74) is 2.14. The largest absolute Gasteiger partial charge is 1.00 e. The number of hydrogen-bond acceptors (Lipinski definition) is 6. The number of nitro groups is 1. The third-order valence-electron chi connectivity index (χ3n) is 4.56. The molecule has 1 N–H and O–H groups in total. The number of benzene rings is 2. The Kier molecular flexibility index (Phi) is 8.03. The molecule has 3 aromatic rings. The van der Waals surface area contributed by atoms with Crippen LogP contribution < -0.4 is 27.2 Å². The summed E-state index contributed by atoms with van der Waals surface area (Å²) in [7, 11) is 4.13. The Bertz CT molecular complexity index is 1060. The van der Waals surface area contributed by atoms with Crippen molar-refractivity contribution in [2.75, 3.05) is 32.5 Å². The molecule has 162 valence electrons. The van der Waals surface area contributed by atoms with Crippen LogP contribution in [0.15, 0.2) is 35.0 Å². The van der Waals surface area contributed by atoms with E-state index in [4.69, 9.17) is 11.6 Å². The van der Waals surface area contributed by atoms with Gasteiger partial charge in [-0.3, -0.25) is 14.7 Å². The van der Waals surface area contributed by atoms with E-state index in [1.54, 1.807) is 0 Å². The molecule has 0 spiro atoms. The smallest absolute Gasteiger partial charge is 0.315 e. The molecular formula is C18H20Br2ClN5O4. The minimum absolute atomic E-state index is 0. The van der Waals surface area contributed by atoms with Crippen LogP contribution in [0.4, 0.5) is 11.4 Å². The number of anilines is 1. The van der Waals surface area contributed by atoms with Crippen LogP contribution in [0, 0.1) is 15.3 Å². The van der Waals surface area contributed by atoms with Gasteiger partial charge < -0.3 is 32.0 Å². The molecule has 9 nitrogen and oxygen atoms in total. The van der Waals surface area contributed by atoms with E-state index in [1.165, 1.54) is 17.2 Å². The second-order valence-electron chi connectivity index (χ2n) is 7.33. The van der Waals surface area contributed by atoms with Crippen LogP contribution in [0.5, 0.6) is 0 Å². The van der Waals surface area contributed by atoms with Gasteiger partial charge in [-0.05, 0) is 16.5 Å². The molecule has 3 rings (SSSR count). The highest BCUT2D eigenvalue weighted by Gasteiger charge is 2.29. The van der Waals surface area contributed by atoms with Crippen LogP contribution in [0.3, 0.4) is 0 Å². The van der Waals surface area contributed by atoms with E-state index in [9.17, 15) is 15.3 Å². The Hall–Kier alpha value is -1.95. The first kappa shape index (κ1) is 24.3. The van der Waals surface area contributed by atoms with E-state index in [-0.39, 0.29) is 49.3 Å². The molecule has 12 heteroatoms. The maximum absolute atomic E-state index is 11.9. The van der Waals surface area contributed by atoms with Crippen LogP contribution in [-0.2, 0) is 11.9 Å². The van der Waals surface area contributed by atoms with Gasteiger partial charge >= 0.3 is 5.69 Å². The Morgan fingerprint density at radius 3 is 2.70 bits per heavy atom. The third kappa shape index (κ3) is 5.39. The van der Waals surface area contributed by atoms with Crippen molar-refractivity contribution < 1.29 is 35.9 Å². The van der Waals surface area contributed by atoms with Gasteiger partial charge in [0.2, 0.25) is 0 Å². The normalized spacial score (nSPS) is 11.3. The Balaban J connectivity index is 0.00000320. The lowest BCUT2D eigenvalue weighted by atomic mass is 10.1. The summed E-state index contributed by atoms with van der Waals surface area (Å²) in [5.74, 6) is 0. The summed E-state index contributed by atoms with van der Waals surface area (Å²) < 4.78 is 5.21. The number of nitrogens with zero attached hydrogens (tertiary/aromatic N) is 4. The fraction of sp³-hybridized carbons (Fsp3) is 0.333. The van der Waals surface area contributed by atoms with Crippen LogP contribution in [-0.4, -0.2) is 41.7 Å². The van der Waals surface area contributed by atoms with Gasteiger partial charge in [0.05, 0.1) is 32.1 Å². The van der Waals surface area contributed by atoms with Crippen molar-refractivity contribution in [3.05, 3.63) is 61.8 Å². The maximum Gasteiger partial charge on any atom is 0.315 e. The summed E-state index contributed by atoms with van der Waals surface area (Å²) in [5, 5.41) is 30.7. The number of quaternary nitrogens is 1. The van der Waals surface area contributed by atoms with E-state index in [1.807, 2.05) is 6.07 Å². The van der Waals surface area contributed by atoms with Crippen molar-refractivity contribution in [3.63, 3.8) is 0 Å². The van der Waals surface area contributed by atoms with Crippen molar-refractivity contribution >= 4 is 49.9 Å². The van der Waals surface area contributed by atoms with Gasteiger partial charge in [0.15, 0.2) is 5.69 Å². The van der Waals surface area contributed by atoms with Crippen molar-refractivity contribution in [1.29, 1.82) is 0 Å². The van der Waals surface area contributed by atoms with E-state index in [2.05, 4.69) is 63.3 Å². The van der Waals surface area contributed by atoms with Gasteiger partial charge in [0.25, 0.3) is 11.0 Å². The lowest BCUT2D eigenvalue weighted by molar-refractivity contribution is -0.902. The molecule has 1 heterocycles. The molecule has 30 heavy (non-hydrogen) atoms. The van der Waals surface area contributed by atoms with E-state index in [0.29, 0.717) is 17.6 Å². The van der Waals surface area contributed by atoms with Crippen LogP contribution in [0.2, 0.25) is 5.02 Å². The predicted molar refractivity (Wildman–Crippen MR) is 113 cm³/mol. The summed E-state index contributed by atoms with van der Waals surface area (Å²) in [6.07, 6.45) is 0. The number of rotatable bonds is 8. The highest BCUT2D eigenvalue weighted by Crippen LogP contribution is 2.37. The molecule has 0 fully saturated rings. The number of aromatic nitrogens is 2. The monoisotopic (exact) mass is 563 g/mol. The van der Waals surface area contributed by atoms with Gasteiger partial charge in [0, 0.05) is 22.1 Å². The van der Waals surface area contributed by atoms with Gasteiger partial charge in [-0.25, -0.2) is 0 Å². The van der Waals surface area contributed by atoms with Crippen LogP contribution >= 0.6 is 27.5 Å². The lowest BCUT2D eigenvalue weighted by Gasteiger charge is -2.30. The highest BCUT2D eigenvalue weighted by atomic mass is 79.9. The third-order valence-corrected chi connectivity index (χ3v) is 5.50. The van der Waals surface area contributed by atoms with E-state index in [0.717, 1.165) is 11.9 Å². The summed E-state index contributed by atoms with van der Waals surface area (Å²) in [6, 6.07) is 9.54. The molecule has 0 aliphatic rings. The highest BCUT2D eigenvalue weighted by molar-refractivity contribution is 9.08. The van der Waals surface area contributed by atoms with Crippen LogP contribution in [0.1, 0.15) is 11.1 Å². The second-order valence-corrected chi connectivity index (χ2v) is 8.30. The average molecular weight is 566 g/mol. The molecule has 0 saturated carbocycles. The summed E-state index contributed by atoms with van der Waals surface area (Å²) in [4.78, 5) is 11.0. The summed E-state index contributed by atoms with van der Waals surface area (Å²) >= 11 is 9.50. The number of fused-ring (bicyclic) bond motifs is 1. The molecule has 1 aromatic heterocycles. The van der Waals surface area contributed by atoms with E-state index < -0.39 is 4.92 Å². The Labute approximate surface area is 196 Å². The zero-order valence-corrected chi connectivity index (χ0v) is 20.2. The minimum atomic E-state index is -0.622. The number of hydrogen-bond donors (Lipinski definition) is 1. The zero-order chi connectivity index (χ0) is 21.2. The van der Waals surface area contributed by atoms with Crippen molar-refractivity contribution in [1.82, 2.24) is 5.16 Å². The standard InChI is InChI=1S/C18H20BrClN5O4.BrH/c1-25(2,11-13-5-3-4-12(8-13)10-19)7-6-21-16-17(23(26)27)14(20)9-15-18(16)24(28)29-22-15;/h3-5,8-9,21H,6-7,10-11H2,1-2H3;1H/q+1;/p-1. The fourth-order valence-corrected chi connectivity index (χ4v) is 3.82. The molecule has 0 aliphatic carbocycles. The Morgan fingerprint density at radius 1 is 1.33 bits per heavy atom. The topological polar surface area (TPSA) is 108 Å². The number of nitro benzene ring substituents is 1. The molecule has 0 aliphatic heterocycles. The molecular weight excluding hydrogens is 545 g/mol. The predicted octanol–water partition coefficient (Wildman–Crippen LogP) is 0.610. The molecule has 0 atom stereocenters. The number of nitrogens with one attached hydrogen (secondary N) is 1. The first-order valence-electron chi connectivity index (χ1n) is 8.78. The van der Waals surface area contributed by atoms with Gasteiger partial charge in [0.1, 0.15) is 11.6 Å². The van der Waals surface area contributed by atoms with E-state index >= 15 is 0 Å². The number of likely N-dealkylation sites (N-methyl/N-ethyl adjacent to an activating group) is 1. The quantitative estimate of drug-likeness (QED) is 0.141. The number of halogens is 3. The minimum Gasteiger partial charge on any atom is -1.00 e. The van der Waals surface area contributed by atoms with Gasteiger partial charge in [-0.1, -0.05) is 45.7 Å². The van der Waals surface area contributed by atoms with Crippen molar-refractivity contribution in [2.45, 2.75) is 11.9 Å². The fourth-order valence-electron chi connectivity index (χ4n) is 3.21. The lowest BCUT2D eigenvalue weighted by Crippen LogP contribution is -3.00. The molecule has 0 amide bonds. The average Bonchev–Trinajstić information content (AvgIpc) is 3.01. The van der Waals surface area contributed by atoms with Crippen molar-refractivity contribution in [2.24, 2.45) is 0 Å².